The first-order chi connectivity index (χ1) is 29.2. The number of hydrogen-bond acceptors (Lipinski definition) is 2. The number of nitrogens with zero attached hydrogens (tertiary/aromatic N) is 1. The summed E-state index contributed by atoms with van der Waals surface area (Å²) in [6.45, 7) is 6.77. The molecule has 3 aliphatic rings. The Morgan fingerprint density at radius 1 is 0.695 bits per heavy atom. The van der Waals surface area contributed by atoms with Gasteiger partial charge in [0.2, 0.25) is 0 Å². The van der Waals surface area contributed by atoms with Crippen LogP contribution >= 0.6 is 11.8 Å². The molecule has 3 unspecified atom stereocenters. The molecule has 0 saturated carbocycles. The Bertz CT molecular complexity index is 2940. The summed E-state index contributed by atoms with van der Waals surface area (Å²) in [5, 5.41) is 5.48. The topological polar surface area (TPSA) is 3.24 Å². The summed E-state index contributed by atoms with van der Waals surface area (Å²) in [4.78, 5) is 3.88. The molecule has 1 aliphatic heterocycles. The lowest BCUT2D eigenvalue weighted by Gasteiger charge is -2.31. The van der Waals surface area contributed by atoms with E-state index in [1.807, 2.05) is 23.9 Å². The van der Waals surface area contributed by atoms with Crippen LogP contribution in [0.2, 0.25) is 0 Å². The van der Waals surface area contributed by atoms with Crippen molar-refractivity contribution in [2.75, 3.05) is 11.4 Å². The normalized spacial score (nSPS) is 19.3. The second kappa shape index (κ2) is 15.6. The summed E-state index contributed by atoms with van der Waals surface area (Å²) in [6.07, 6.45) is 24.6. The number of allylic oxidation sites excluding steroid dienone is 11. The average Bonchev–Trinajstić information content (AvgIpc) is 3.81. The number of benzene rings is 7. The highest BCUT2D eigenvalue weighted by Crippen LogP contribution is 2.55. The Labute approximate surface area is 352 Å². The highest BCUT2D eigenvalue weighted by Gasteiger charge is 2.43. The molecule has 284 valence electrons. The number of thioether (sulfide) groups is 1. The van der Waals surface area contributed by atoms with Gasteiger partial charge in [0.1, 0.15) is 0 Å². The van der Waals surface area contributed by atoms with Gasteiger partial charge < -0.3 is 4.90 Å². The largest absolute Gasteiger partial charge is 0.338 e. The minimum absolute atomic E-state index is 0.394. The van der Waals surface area contributed by atoms with Gasteiger partial charge in [0.05, 0.1) is 5.41 Å². The van der Waals surface area contributed by atoms with Crippen molar-refractivity contribution < 1.29 is 0 Å². The molecule has 0 amide bonds. The Morgan fingerprint density at radius 3 is 2.31 bits per heavy atom. The first-order valence-corrected chi connectivity index (χ1v) is 21.5. The quantitative estimate of drug-likeness (QED) is 0.101. The standard InChI is InChI=1S/C57H45NS/c1-3-5-6-16-35-57(44-20-8-7-9-21-44)53-25-14-12-23-48(53)49-33-32-46(39-54(49)57)58(45-31-29-42-28-27-41-18-10-11-22-47(41)51(42)38-45)36-17-19-40(4-2)43-30-34-56-52(37-43)50-24-13-15-26-55(50)59-56/h3-35,37-39,52,56H,1,36H2,2H3/b6-5-,19-17-,35-16+,40-4+. The van der Waals surface area contributed by atoms with Crippen LogP contribution in [-0.4, -0.2) is 11.8 Å². The van der Waals surface area contributed by atoms with Gasteiger partial charge in [-0.15, -0.1) is 11.8 Å². The van der Waals surface area contributed by atoms with Crippen molar-refractivity contribution in [1.82, 2.24) is 0 Å². The molecule has 0 radical (unpaired) electrons. The molecule has 1 heterocycles. The highest BCUT2D eigenvalue weighted by molar-refractivity contribution is 8.00. The number of rotatable bonds is 10. The van der Waals surface area contributed by atoms with E-state index in [-0.39, 0.29) is 0 Å². The third kappa shape index (κ3) is 6.45. The van der Waals surface area contributed by atoms with Crippen molar-refractivity contribution in [2.24, 2.45) is 0 Å². The molecule has 0 N–H and O–H groups in total. The molecule has 59 heavy (non-hydrogen) atoms. The van der Waals surface area contributed by atoms with Crippen LogP contribution < -0.4 is 4.90 Å². The Hall–Kier alpha value is -6.61. The zero-order chi connectivity index (χ0) is 39.8. The van der Waals surface area contributed by atoms with Gasteiger partial charge in [0.15, 0.2) is 0 Å². The van der Waals surface area contributed by atoms with Crippen molar-refractivity contribution >= 4 is 44.7 Å². The Morgan fingerprint density at radius 2 is 1.42 bits per heavy atom. The van der Waals surface area contributed by atoms with Crippen molar-refractivity contribution in [2.45, 2.75) is 28.4 Å². The highest BCUT2D eigenvalue weighted by atomic mass is 32.2. The first-order valence-electron chi connectivity index (χ1n) is 20.6. The van der Waals surface area contributed by atoms with Crippen LogP contribution in [0.3, 0.4) is 0 Å². The fourth-order valence-electron chi connectivity index (χ4n) is 9.50. The van der Waals surface area contributed by atoms with E-state index in [0.29, 0.717) is 17.7 Å². The molecule has 3 atom stereocenters. The second-order valence-corrected chi connectivity index (χ2v) is 16.7. The van der Waals surface area contributed by atoms with E-state index in [0.717, 1.165) is 11.4 Å². The molecule has 0 bridgehead atoms. The Kier molecular flexibility index (Phi) is 9.72. The van der Waals surface area contributed by atoms with E-state index in [2.05, 4.69) is 225 Å². The summed E-state index contributed by atoms with van der Waals surface area (Å²) < 4.78 is 0. The van der Waals surface area contributed by atoms with Gasteiger partial charge in [0, 0.05) is 34.0 Å². The van der Waals surface area contributed by atoms with E-state index in [4.69, 9.17) is 0 Å². The fraction of sp³-hybridized carbons (Fsp3) is 0.0877. The predicted molar refractivity (Wildman–Crippen MR) is 254 cm³/mol. The van der Waals surface area contributed by atoms with E-state index in [9.17, 15) is 0 Å². The van der Waals surface area contributed by atoms with Crippen LogP contribution in [0.4, 0.5) is 11.4 Å². The van der Waals surface area contributed by atoms with E-state index in [1.165, 1.54) is 71.0 Å². The van der Waals surface area contributed by atoms with Crippen LogP contribution in [0.25, 0.3) is 32.7 Å². The molecule has 0 aromatic heterocycles. The first kappa shape index (κ1) is 36.7. The lowest BCUT2D eigenvalue weighted by molar-refractivity contribution is 0.804. The molecule has 2 aliphatic carbocycles. The number of hydrogen-bond donors (Lipinski definition) is 0. The lowest BCUT2D eigenvalue weighted by Crippen LogP contribution is -2.25. The average molecular weight is 776 g/mol. The summed E-state index contributed by atoms with van der Waals surface area (Å²) in [7, 11) is 0. The lowest BCUT2D eigenvalue weighted by atomic mass is 9.72. The molecule has 0 saturated heterocycles. The van der Waals surface area contributed by atoms with Crippen molar-refractivity contribution in [3.05, 3.63) is 258 Å². The molecule has 1 nitrogen and oxygen atoms in total. The number of fused-ring (bicyclic) bond motifs is 9. The summed E-state index contributed by atoms with van der Waals surface area (Å²) in [5.41, 5.74) is 12.1. The molecule has 2 heteroatoms. The maximum atomic E-state index is 3.92. The van der Waals surface area contributed by atoms with E-state index < -0.39 is 5.41 Å². The minimum atomic E-state index is -0.483. The third-order valence-electron chi connectivity index (χ3n) is 12.3. The van der Waals surface area contributed by atoms with Gasteiger partial charge in [0.25, 0.3) is 0 Å². The molecular weight excluding hydrogens is 731 g/mol. The zero-order valence-corrected chi connectivity index (χ0v) is 34.0. The smallest absolute Gasteiger partial charge is 0.0647 e. The Balaban J connectivity index is 1.10. The van der Waals surface area contributed by atoms with Crippen LogP contribution in [-0.2, 0) is 5.41 Å². The fourth-order valence-corrected chi connectivity index (χ4v) is 10.8. The van der Waals surface area contributed by atoms with Gasteiger partial charge >= 0.3 is 0 Å². The summed E-state index contributed by atoms with van der Waals surface area (Å²) in [5.74, 6) is 0.394. The monoisotopic (exact) mass is 775 g/mol. The van der Waals surface area contributed by atoms with Crippen molar-refractivity contribution in [3.63, 3.8) is 0 Å². The minimum Gasteiger partial charge on any atom is -0.338 e. The predicted octanol–water partition coefficient (Wildman–Crippen LogP) is 15.0. The zero-order valence-electron chi connectivity index (χ0n) is 33.2. The SMILES string of the molecule is C=C/C=C\C=C\C1(c2ccccc2)c2ccccc2-c2ccc(N(C/C=C\C(=C/C)C3=CC4c5ccccc5SC4C=C3)c3ccc4ccc5ccccc5c4c3)cc21. The van der Waals surface area contributed by atoms with Crippen molar-refractivity contribution in [3.8, 4) is 11.1 Å². The third-order valence-corrected chi connectivity index (χ3v) is 13.7. The van der Waals surface area contributed by atoms with Gasteiger partial charge in [-0.3, -0.25) is 0 Å². The maximum Gasteiger partial charge on any atom is 0.0647 e. The van der Waals surface area contributed by atoms with Crippen LogP contribution in [0.15, 0.2) is 241 Å². The summed E-state index contributed by atoms with van der Waals surface area (Å²) in [6, 6.07) is 56.0. The maximum absolute atomic E-state index is 3.92. The van der Waals surface area contributed by atoms with E-state index >= 15 is 0 Å². The molecule has 7 aromatic carbocycles. The molecule has 7 aromatic rings. The number of anilines is 2. The van der Waals surface area contributed by atoms with E-state index in [1.54, 1.807) is 0 Å². The van der Waals surface area contributed by atoms with Crippen LogP contribution in [0, 0.1) is 0 Å². The molecule has 0 spiro atoms. The second-order valence-electron chi connectivity index (χ2n) is 15.5. The summed E-state index contributed by atoms with van der Waals surface area (Å²) >= 11 is 1.98. The molecule has 10 rings (SSSR count). The van der Waals surface area contributed by atoms with Gasteiger partial charge in [-0.1, -0.05) is 195 Å². The van der Waals surface area contributed by atoms with Crippen molar-refractivity contribution in [1.29, 1.82) is 0 Å². The van der Waals surface area contributed by atoms with Gasteiger partial charge in [-0.25, -0.2) is 0 Å². The van der Waals surface area contributed by atoms with Crippen LogP contribution in [0.5, 0.6) is 0 Å². The van der Waals surface area contributed by atoms with Gasteiger partial charge in [-0.05, 0) is 103 Å². The van der Waals surface area contributed by atoms with Crippen LogP contribution in [0.1, 0.15) is 35.1 Å². The molecule has 0 fully saturated rings. The van der Waals surface area contributed by atoms with Gasteiger partial charge in [-0.2, -0.15) is 0 Å². The molecular formula is C57H45NS.